The Bertz CT molecular complexity index is 1990. The number of rotatable bonds is 10. The number of fused-ring (bicyclic) bond motifs is 2. The molecule has 6 N–H and O–H groups in total. The number of hydrogen-bond donors (Lipinski definition) is 5. The topological polar surface area (TPSA) is 260 Å². The lowest BCUT2D eigenvalue weighted by Crippen LogP contribution is -2.71. The molecule has 46 heavy (non-hydrogen) atoms. The highest BCUT2D eigenvalue weighted by atomic mass is 32.2. The fraction of sp³-hybridized carbons (Fsp3) is 0.200. The van der Waals surface area contributed by atoms with Gasteiger partial charge in [-0.3, -0.25) is 14.5 Å². The molecule has 2 atom stereocenters. The number of β-lactam (4-membered cyclic amide) rings is 1. The Morgan fingerprint density at radius 3 is 2.72 bits per heavy atom. The van der Waals surface area contributed by atoms with Gasteiger partial charge in [-0.2, -0.15) is 9.50 Å². The van der Waals surface area contributed by atoms with Crippen LogP contribution in [-0.4, -0.2) is 103 Å². The number of aromatic carboxylic acids is 1. The van der Waals surface area contributed by atoms with Crippen molar-refractivity contribution in [1.29, 1.82) is 0 Å². The van der Waals surface area contributed by atoms with Crippen LogP contribution in [0.25, 0.3) is 5.78 Å². The number of carboxylic acid groups (broad SMARTS) is 2. The van der Waals surface area contributed by atoms with E-state index in [9.17, 15) is 34.2 Å². The van der Waals surface area contributed by atoms with Gasteiger partial charge in [0.05, 0.1) is 0 Å². The number of thiazole rings is 1. The number of aryl methyl sites for hydroxylation is 1. The van der Waals surface area contributed by atoms with E-state index in [0.29, 0.717) is 16.3 Å². The lowest BCUT2D eigenvalue weighted by molar-refractivity contribution is -0.150. The fourth-order valence-corrected chi connectivity index (χ4v) is 7.59. The van der Waals surface area contributed by atoms with Crippen LogP contribution < -0.4 is 11.1 Å². The van der Waals surface area contributed by atoms with Crippen LogP contribution >= 0.6 is 34.9 Å². The zero-order valence-corrected chi connectivity index (χ0v) is 25.7. The minimum atomic E-state index is -1.33. The number of aromatic amines is 1. The summed E-state index contributed by atoms with van der Waals surface area (Å²) in [7, 11) is 0. The van der Waals surface area contributed by atoms with Crippen LogP contribution in [0.1, 0.15) is 32.5 Å². The summed E-state index contributed by atoms with van der Waals surface area (Å²) in [6.07, 6.45) is 1.50. The summed E-state index contributed by atoms with van der Waals surface area (Å²) in [5, 5.41) is 30.8. The molecule has 0 saturated carbocycles. The van der Waals surface area contributed by atoms with E-state index in [0.717, 1.165) is 16.2 Å². The molecule has 4 aromatic rings. The molecule has 21 heteroatoms. The maximum atomic E-state index is 13.3. The molecule has 6 rings (SSSR count). The molecule has 1 fully saturated rings. The average Bonchev–Trinajstić information content (AvgIpc) is 3.79. The summed E-state index contributed by atoms with van der Waals surface area (Å²) in [6, 6.07) is 3.56. The number of H-pyrrole nitrogens is 1. The second kappa shape index (κ2) is 12.3. The number of carbonyl (C=O) groups is 5. The van der Waals surface area contributed by atoms with E-state index < -0.39 is 52.7 Å². The molecule has 4 aromatic heterocycles. The van der Waals surface area contributed by atoms with Crippen molar-refractivity contribution in [3.63, 3.8) is 0 Å². The maximum Gasteiger partial charge on any atom is 0.381 e. The van der Waals surface area contributed by atoms with Crippen LogP contribution in [0.4, 0.5) is 5.13 Å². The first kappa shape index (κ1) is 30.7. The van der Waals surface area contributed by atoms with Gasteiger partial charge in [-0.15, -0.1) is 40.0 Å². The van der Waals surface area contributed by atoms with E-state index in [1.807, 2.05) is 0 Å². The lowest BCUT2D eigenvalue weighted by atomic mass is 10.0. The first-order valence-corrected chi connectivity index (χ1v) is 15.9. The quantitative estimate of drug-likeness (QED) is 0.0382. The van der Waals surface area contributed by atoms with Crippen molar-refractivity contribution < 1.29 is 39.0 Å². The number of hydrogen-bond acceptors (Lipinski definition) is 15. The van der Waals surface area contributed by atoms with Crippen LogP contribution in [0, 0.1) is 6.92 Å². The average molecular weight is 685 g/mol. The molecular formula is C25H20N10O8S3. The van der Waals surface area contributed by atoms with Crippen LogP contribution in [0.3, 0.4) is 0 Å². The number of aromatic nitrogens is 6. The van der Waals surface area contributed by atoms with Crippen molar-refractivity contribution in [3.05, 3.63) is 64.0 Å². The van der Waals surface area contributed by atoms with E-state index in [1.165, 1.54) is 45.7 Å². The number of nitrogens with zero attached hydrogens (tertiary/aromatic N) is 7. The number of aliphatic carboxylic acids is 1. The minimum Gasteiger partial charge on any atom is -0.477 e. The number of thioether (sulfide) groups is 2. The Morgan fingerprint density at radius 1 is 1.24 bits per heavy atom. The maximum absolute atomic E-state index is 13.3. The molecule has 236 valence electrons. The second-order valence-electron chi connectivity index (χ2n) is 9.57. The van der Waals surface area contributed by atoms with Gasteiger partial charge in [0, 0.05) is 28.8 Å². The number of anilines is 1. The monoisotopic (exact) mass is 684 g/mol. The van der Waals surface area contributed by atoms with Gasteiger partial charge in [0.2, 0.25) is 0 Å². The molecule has 0 spiro atoms. The number of nitrogens with two attached hydrogens (primary N) is 1. The van der Waals surface area contributed by atoms with Gasteiger partial charge in [0.15, 0.2) is 10.8 Å². The summed E-state index contributed by atoms with van der Waals surface area (Å²) in [4.78, 5) is 83.4. The summed E-state index contributed by atoms with van der Waals surface area (Å²) < 4.78 is 1.26. The van der Waals surface area contributed by atoms with Gasteiger partial charge >= 0.3 is 17.9 Å². The first-order chi connectivity index (χ1) is 22.0. The number of amides is 2. The van der Waals surface area contributed by atoms with E-state index in [-0.39, 0.29) is 39.5 Å². The highest BCUT2D eigenvalue weighted by Gasteiger charge is 2.54. The Kier molecular flexibility index (Phi) is 8.19. The van der Waals surface area contributed by atoms with Gasteiger partial charge in [0.1, 0.15) is 33.5 Å². The fourth-order valence-electron chi connectivity index (χ4n) is 4.51. The Hall–Kier alpha value is -5.28. The summed E-state index contributed by atoms with van der Waals surface area (Å²) in [5.41, 5.74) is 6.14. The third-order valence-corrected chi connectivity index (χ3v) is 9.64. The highest BCUT2D eigenvalue weighted by Crippen LogP contribution is 2.41. The van der Waals surface area contributed by atoms with Crippen LogP contribution in [0.5, 0.6) is 0 Å². The molecule has 0 radical (unpaired) electrons. The predicted molar refractivity (Wildman–Crippen MR) is 162 cm³/mol. The van der Waals surface area contributed by atoms with Crippen molar-refractivity contribution in [3.8, 4) is 0 Å². The van der Waals surface area contributed by atoms with Crippen LogP contribution in [-0.2, 0) is 19.2 Å². The Balaban J connectivity index is 1.20. The van der Waals surface area contributed by atoms with Crippen molar-refractivity contribution in [2.24, 2.45) is 5.16 Å². The number of nitrogen functional groups attached to an aromatic ring is 1. The molecular weight excluding hydrogens is 665 g/mol. The van der Waals surface area contributed by atoms with Crippen LogP contribution in [0.2, 0.25) is 0 Å². The van der Waals surface area contributed by atoms with Gasteiger partial charge < -0.3 is 31.1 Å². The van der Waals surface area contributed by atoms with E-state index in [2.05, 4.69) is 35.5 Å². The molecule has 2 aliphatic rings. The number of carbonyl (C=O) groups excluding carboxylic acids is 3. The van der Waals surface area contributed by atoms with Crippen molar-refractivity contribution >= 4 is 81.2 Å². The number of carboxylic acids is 2. The lowest BCUT2D eigenvalue weighted by Gasteiger charge is -2.49. The Labute approximate surface area is 269 Å². The largest absolute Gasteiger partial charge is 0.477 e. The van der Waals surface area contributed by atoms with E-state index >= 15 is 0 Å². The smallest absolute Gasteiger partial charge is 0.381 e. The second-order valence-corrected chi connectivity index (χ2v) is 12.6. The molecule has 1 saturated heterocycles. The predicted octanol–water partition coefficient (Wildman–Crippen LogP) is 0.590. The first-order valence-electron chi connectivity index (χ1n) is 13.0. The van der Waals surface area contributed by atoms with Crippen LogP contribution in [0.15, 0.2) is 51.2 Å². The van der Waals surface area contributed by atoms with Gasteiger partial charge in [-0.1, -0.05) is 5.16 Å². The molecule has 6 heterocycles. The van der Waals surface area contributed by atoms with E-state index in [1.54, 1.807) is 19.1 Å². The van der Waals surface area contributed by atoms with Crippen molar-refractivity contribution in [2.75, 3.05) is 17.2 Å². The molecule has 2 aliphatic heterocycles. The molecule has 0 bridgehead atoms. The Morgan fingerprint density at radius 2 is 2.04 bits per heavy atom. The summed E-state index contributed by atoms with van der Waals surface area (Å²) in [6.45, 7) is 1.70. The molecule has 0 unspecified atom stereocenters. The molecule has 2 amide bonds. The van der Waals surface area contributed by atoms with Gasteiger partial charge in [-0.25, -0.2) is 24.4 Å². The standard InChI is InChI=1S/C25H20N10O8S3/c1-9-5-13(35-25(28-9)31-17(32-35)22(40)41)44-6-10-7-45-20-15(19(37)34(20)16(10)21(38)39)30-18(36)14(12-8-46-24(26)29-12)33-43-23(42)11-3-2-4-27-11/h2-5,8,15,20,27H,6-7H2,1H3,(H2,26,29)(H,30,36)(H,38,39)(H,40,41)/b33-14-/t15-,20-/m1/s1. The third-order valence-electron chi connectivity index (χ3n) is 6.55. The summed E-state index contributed by atoms with van der Waals surface area (Å²) >= 11 is 3.44. The third kappa shape index (κ3) is 5.77. The number of oxime groups is 1. The highest BCUT2D eigenvalue weighted by molar-refractivity contribution is 8.01. The van der Waals surface area contributed by atoms with Gasteiger partial charge in [-0.05, 0) is 30.7 Å². The van der Waals surface area contributed by atoms with Crippen molar-refractivity contribution in [2.45, 2.75) is 23.4 Å². The molecule has 0 aliphatic carbocycles. The normalized spacial score (nSPS) is 17.9. The molecule has 0 aromatic carbocycles. The molecule has 18 nitrogen and oxygen atoms in total. The summed E-state index contributed by atoms with van der Waals surface area (Å²) in [5.74, 6) is -5.13. The zero-order chi connectivity index (χ0) is 32.7. The van der Waals surface area contributed by atoms with E-state index in [4.69, 9.17) is 10.6 Å². The zero-order valence-electron chi connectivity index (χ0n) is 23.2. The minimum absolute atomic E-state index is 0.00737. The SMILES string of the molecule is Cc1cc(SCC2=C(C(=O)O)N3C(=O)[C@@H](NC(=O)/C(=N\OC(=O)c4ccc[nH]4)c4csc(N)n4)[C@H]3SC2)n2nc(C(=O)O)nc2n1. The van der Waals surface area contributed by atoms with Gasteiger partial charge in [0.25, 0.3) is 23.4 Å². The number of nitrogens with one attached hydrogen (secondary N) is 2. The van der Waals surface area contributed by atoms with Crippen molar-refractivity contribution in [1.82, 2.24) is 39.8 Å².